The van der Waals surface area contributed by atoms with Gasteiger partial charge in [-0.3, -0.25) is 9.59 Å². The molecule has 2 amide bonds. The van der Waals surface area contributed by atoms with Gasteiger partial charge in [0.2, 0.25) is 11.8 Å². The molecule has 114 valence electrons. The number of anilines is 1. The summed E-state index contributed by atoms with van der Waals surface area (Å²) in [5.41, 5.74) is 5.82. The lowest BCUT2D eigenvalue weighted by Crippen LogP contribution is -2.21. The molecule has 0 aliphatic carbocycles. The Labute approximate surface area is 122 Å². The molecular weight excluding hydrogens is 276 g/mol. The van der Waals surface area contributed by atoms with E-state index >= 15 is 0 Å². The van der Waals surface area contributed by atoms with Crippen molar-refractivity contribution in [2.24, 2.45) is 5.73 Å². The van der Waals surface area contributed by atoms with Gasteiger partial charge < -0.3 is 20.9 Å². The fourth-order valence-electron chi connectivity index (χ4n) is 2.03. The van der Waals surface area contributed by atoms with Crippen LogP contribution >= 0.6 is 0 Å². The van der Waals surface area contributed by atoms with Crippen molar-refractivity contribution in [3.8, 4) is 0 Å². The highest BCUT2D eigenvalue weighted by Gasteiger charge is 2.20. The van der Waals surface area contributed by atoms with Crippen LogP contribution in [0.5, 0.6) is 0 Å². The Bertz CT molecular complexity index is 569. The summed E-state index contributed by atoms with van der Waals surface area (Å²) in [7, 11) is 1.38. The van der Waals surface area contributed by atoms with Gasteiger partial charge in [0.25, 0.3) is 0 Å². The van der Waals surface area contributed by atoms with Crippen LogP contribution in [0.4, 0.5) is 5.69 Å². The van der Waals surface area contributed by atoms with Gasteiger partial charge in [-0.1, -0.05) is 13.3 Å². The first-order valence-electron chi connectivity index (χ1n) is 6.39. The van der Waals surface area contributed by atoms with Crippen molar-refractivity contribution in [3.63, 3.8) is 0 Å². The third-order valence-corrected chi connectivity index (χ3v) is 2.78. The first kappa shape index (κ1) is 16.6. The molecule has 0 heterocycles. The van der Waals surface area contributed by atoms with Crippen LogP contribution in [0, 0.1) is 0 Å². The molecule has 0 spiro atoms. The first-order chi connectivity index (χ1) is 9.90. The second-order valence-corrected chi connectivity index (χ2v) is 4.46. The average molecular weight is 294 g/mol. The molecule has 0 aromatic heterocycles. The van der Waals surface area contributed by atoms with Crippen molar-refractivity contribution in [2.45, 2.75) is 19.8 Å². The minimum atomic E-state index is -1.27. The molecule has 1 aromatic rings. The molecule has 0 fully saturated rings. The SMILES string of the molecule is CCCc1cc(NC(=O)COC)cc(C(=O)O)c1C(N)=O. The Balaban J connectivity index is 3.32. The van der Waals surface area contributed by atoms with E-state index in [1.165, 1.54) is 13.2 Å². The third-order valence-electron chi connectivity index (χ3n) is 2.78. The molecule has 0 saturated heterocycles. The zero-order chi connectivity index (χ0) is 16.0. The highest BCUT2D eigenvalue weighted by Crippen LogP contribution is 2.23. The fourth-order valence-corrected chi connectivity index (χ4v) is 2.03. The lowest BCUT2D eigenvalue weighted by molar-refractivity contribution is -0.119. The smallest absolute Gasteiger partial charge is 0.336 e. The van der Waals surface area contributed by atoms with Gasteiger partial charge in [-0.05, 0) is 24.1 Å². The number of aryl methyl sites for hydroxylation is 1. The zero-order valence-corrected chi connectivity index (χ0v) is 11.9. The topological polar surface area (TPSA) is 119 Å². The van der Waals surface area contributed by atoms with Crippen LogP contribution in [0.1, 0.15) is 39.6 Å². The summed E-state index contributed by atoms with van der Waals surface area (Å²) in [5.74, 6) is -2.49. The van der Waals surface area contributed by atoms with Crippen LogP contribution in [-0.4, -0.2) is 36.6 Å². The number of methoxy groups -OCH3 is 1. The van der Waals surface area contributed by atoms with Gasteiger partial charge >= 0.3 is 5.97 Å². The number of aromatic carboxylic acids is 1. The highest BCUT2D eigenvalue weighted by molar-refractivity contribution is 6.06. The predicted octanol–water partition coefficient (Wildman–Crippen LogP) is 1.02. The van der Waals surface area contributed by atoms with Gasteiger partial charge in [-0.25, -0.2) is 4.79 Å². The van der Waals surface area contributed by atoms with E-state index < -0.39 is 17.8 Å². The van der Waals surface area contributed by atoms with E-state index in [2.05, 4.69) is 5.32 Å². The number of hydrogen-bond acceptors (Lipinski definition) is 4. The van der Waals surface area contributed by atoms with Gasteiger partial charge in [0.1, 0.15) is 6.61 Å². The Kier molecular flexibility index (Phi) is 5.86. The number of nitrogens with two attached hydrogens (primary N) is 1. The highest BCUT2D eigenvalue weighted by atomic mass is 16.5. The van der Waals surface area contributed by atoms with Crippen LogP contribution in [0.15, 0.2) is 12.1 Å². The van der Waals surface area contributed by atoms with Crippen LogP contribution < -0.4 is 11.1 Å². The van der Waals surface area contributed by atoms with Crippen LogP contribution in [0.25, 0.3) is 0 Å². The molecule has 4 N–H and O–H groups in total. The number of carbonyl (C=O) groups is 3. The molecule has 7 nitrogen and oxygen atoms in total. The Hall–Kier alpha value is -2.41. The molecule has 0 atom stereocenters. The number of primary amides is 1. The van der Waals surface area contributed by atoms with Crippen molar-refractivity contribution in [3.05, 3.63) is 28.8 Å². The third kappa shape index (κ3) is 4.28. The molecule has 7 heteroatoms. The lowest BCUT2D eigenvalue weighted by Gasteiger charge is -2.13. The Morgan fingerprint density at radius 3 is 2.48 bits per heavy atom. The Morgan fingerprint density at radius 1 is 1.33 bits per heavy atom. The maximum atomic E-state index is 11.5. The molecular formula is C14H18N2O5. The van der Waals surface area contributed by atoms with E-state index in [9.17, 15) is 19.5 Å². The predicted molar refractivity (Wildman–Crippen MR) is 76.4 cm³/mol. The molecule has 1 rings (SSSR count). The monoisotopic (exact) mass is 294 g/mol. The maximum Gasteiger partial charge on any atom is 0.336 e. The van der Waals surface area contributed by atoms with Gasteiger partial charge in [0.05, 0.1) is 11.1 Å². The van der Waals surface area contributed by atoms with Crippen LogP contribution in [-0.2, 0) is 16.0 Å². The molecule has 0 bridgehead atoms. The molecule has 0 aliphatic rings. The second-order valence-electron chi connectivity index (χ2n) is 4.46. The molecule has 0 saturated carbocycles. The van der Waals surface area contributed by atoms with Crippen molar-refractivity contribution in [1.82, 2.24) is 0 Å². The van der Waals surface area contributed by atoms with E-state index in [0.717, 1.165) is 0 Å². The minimum absolute atomic E-state index is 0.0194. The van der Waals surface area contributed by atoms with Crippen molar-refractivity contribution >= 4 is 23.5 Å². The molecule has 0 unspecified atom stereocenters. The van der Waals surface area contributed by atoms with Crippen molar-refractivity contribution in [1.29, 1.82) is 0 Å². The standard InChI is InChI=1S/C14H18N2O5/c1-3-4-8-5-9(16-11(17)7-21-2)6-10(14(19)20)12(8)13(15)18/h5-6H,3-4,7H2,1-2H3,(H2,15,18)(H,16,17)(H,19,20). The number of carboxylic acids is 1. The number of carboxylic acid groups (broad SMARTS) is 1. The summed E-state index contributed by atoms with van der Waals surface area (Å²) in [6.45, 7) is 1.74. The van der Waals surface area contributed by atoms with Crippen LogP contribution in [0.2, 0.25) is 0 Å². The van der Waals surface area contributed by atoms with Crippen molar-refractivity contribution in [2.75, 3.05) is 19.0 Å². The number of ether oxygens (including phenoxy) is 1. The zero-order valence-electron chi connectivity index (χ0n) is 11.9. The summed E-state index contributed by atoms with van der Waals surface area (Å²) in [5, 5.41) is 11.7. The molecule has 21 heavy (non-hydrogen) atoms. The number of rotatable bonds is 7. The quantitative estimate of drug-likeness (QED) is 0.693. The second kappa shape index (κ2) is 7.39. The summed E-state index contributed by atoms with van der Waals surface area (Å²) in [6.07, 6.45) is 1.18. The van der Waals surface area contributed by atoms with Gasteiger partial charge in [-0.2, -0.15) is 0 Å². The molecule has 1 aromatic carbocycles. The van der Waals surface area contributed by atoms with Gasteiger partial charge in [0, 0.05) is 12.8 Å². The molecule has 0 aliphatic heterocycles. The van der Waals surface area contributed by atoms with Crippen molar-refractivity contribution < 1.29 is 24.2 Å². The number of amides is 2. The van der Waals surface area contributed by atoms with Gasteiger partial charge in [-0.15, -0.1) is 0 Å². The summed E-state index contributed by atoms with van der Waals surface area (Å²) < 4.78 is 4.69. The summed E-state index contributed by atoms with van der Waals surface area (Å²) >= 11 is 0. The fraction of sp³-hybridized carbons (Fsp3) is 0.357. The normalized spacial score (nSPS) is 10.2. The minimum Gasteiger partial charge on any atom is -0.478 e. The number of hydrogen-bond donors (Lipinski definition) is 3. The van der Waals surface area contributed by atoms with E-state index in [-0.39, 0.29) is 17.7 Å². The largest absolute Gasteiger partial charge is 0.478 e. The van der Waals surface area contributed by atoms with E-state index in [4.69, 9.17) is 10.5 Å². The van der Waals surface area contributed by atoms with E-state index in [0.29, 0.717) is 24.1 Å². The van der Waals surface area contributed by atoms with Gasteiger partial charge in [0.15, 0.2) is 0 Å². The van der Waals surface area contributed by atoms with E-state index in [1.54, 1.807) is 6.07 Å². The van der Waals surface area contributed by atoms with E-state index in [1.807, 2.05) is 6.92 Å². The Morgan fingerprint density at radius 2 is 2.00 bits per heavy atom. The molecule has 0 radical (unpaired) electrons. The van der Waals surface area contributed by atoms with Crippen LogP contribution in [0.3, 0.4) is 0 Å². The number of carbonyl (C=O) groups excluding carboxylic acids is 2. The average Bonchev–Trinajstić information content (AvgIpc) is 2.38. The summed E-state index contributed by atoms with van der Waals surface area (Å²) in [6, 6.07) is 2.78. The number of nitrogens with one attached hydrogen (secondary N) is 1. The lowest BCUT2D eigenvalue weighted by atomic mass is 9.96. The summed E-state index contributed by atoms with van der Waals surface area (Å²) in [4.78, 5) is 34.3. The maximum absolute atomic E-state index is 11.5. The number of benzene rings is 1. The first-order valence-corrected chi connectivity index (χ1v) is 6.39.